The fourth-order valence-corrected chi connectivity index (χ4v) is 4.13. The number of methoxy groups -OCH3 is 1. The number of carboxylic acid groups (broad SMARTS) is 1. The summed E-state index contributed by atoms with van der Waals surface area (Å²) in [6, 6.07) is 5.37. The number of hydrogen-bond donors (Lipinski definition) is 2. The minimum atomic E-state index is -1.77. The van der Waals surface area contributed by atoms with Gasteiger partial charge in [0.05, 0.1) is 18.4 Å². The third-order valence-electron chi connectivity index (χ3n) is 5.06. The second-order valence-electron chi connectivity index (χ2n) is 7.01. The van der Waals surface area contributed by atoms with E-state index < -0.39 is 28.9 Å². The summed E-state index contributed by atoms with van der Waals surface area (Å²) < 4.78 is 24.2. The van der Waals surface area contributed by atoms with E-state index in [9.17, 15) is 19.1 Å². The number of nitrogens with one attached hydrogen (secondary N) is 1. The Bertz CT molecular complexity index is 1050. The predicted octanol–water partition coefficient (Wildman–Crippen LogP) is 2.85. The van der Waals surface area contributed by atoms with Crippen LogP contribution in [-0.4, -0.2) is 47.2 Å². The van der Waals surface area contributed by atoms with Crippen LogP contribution in [0.1, 0.15) is 31.3 Å². The molecule has 0 aliphatic carbocycles. The molecule has 2 heterocycles. The third kappa shape index (κ3) is 3.96. The van der Waals surface area contributed by atoms with Gasteiger partial charge in [0.2, 0.25) is 5.60 Å². The fourth-order valence-electron chi connectivity index (χ4n) is 3.55. The van der Waals surface area contributed by atoms with Gasteiger partial charge in [0.15, 0.2) is 10.8 Å². The molecule has 1 aliphatic heterocycles. The number of aliphatic carboxylic acids is 1. The molecular formula is C21H22FN3O5S. The number of carboxylic acids is 1. The lowest BCUT2D eigenvalue weighted by Crippen LogP contribution is -2.53. The molecule has 0 fully saturated rings. The highest BCUT2D eigenvalue weighted by molar-refractivity contribution is 7.11. The van der Waals surface area contributed by atoms with Crippen molar-refractivity contribution < 1.29 is 28.6 Å². The van der Waals surface area contributed by atoms with E-state index in [0.29, 0.717) is 10.6 Å². The molecule has 0 spiro atoms. The maximum Gasteiger partial charge on any atom is 0.344 e. The summed E-state index contributed by atoms with van der Waals surface area (Å²) in [7, 11) is 1.19. The molecule has 0 saturated heterocycles. The summed E-state index contributed by atoms with van der Waals surface area (Å²) in [6.07, 6.45) is 1.58. The summed E-state index contributed by atoms with van der Waals surface area (Å²) in [4.78, 5) is 34.2. The number of nitrogens with zero attached hydrogens (tertiary/aromatic N) is 2. The number of rotatable bonds is 7. The van der Waals surface area contributed by atoms with E-state index in [0.717, 1.165) is 0 Å². The van der Waals surface area contributed by atoms with Crippen LogP contribution in [0, 0.1) is 5.82 Å². The van der Waals surface area contributed by atoms with Gasteiger partial charge in [0.1, 0.15) is 11.4 Å². The summed E-state index contributed by atoms with van der Waals surface area (Å²) in [6.45, 7) is 4.81. The van der Waals surface area contributed by atoms with Crippen molar-refractivity contribution in [3.63, 3.8) is 0 Å². The lowest BCUT2D eigenvalue weighted by molar-refractivity contribution is -0.162. The second-order valence-corrected chi connectivity index (χ2v) is 7.91. The van der Waals surface area contributed by atoms with Gasteiger partial charge in [-0.3, -0.25) is 0 Å². The van der Waals surface area contributed by atoms with Gasteiger partial charge in [-0.15, -0.1) is 11.3 Å². The Balaban J connectivity index is 2.35. The molecule has 2 unspecified atom stereocenters. The number of aromatic nitrogens is 1. The van der Waals surface area contributed by atoms with E-state index in [2.05, 4.69) is 15.3 Å². The zero-order valence-corrected chi connectivity index (χ0v) is 18.2. The highest BCUT2D eigenvalue weighted by Crippen LogP contribution is 2.42. The van der Waals surface area contributed by atoms with Crippen molar-refractivity contribution in [3.05, 3.63) is 63.5 Å². The average molecular weight is 447 g/mol. The van der Waals surface area contributed by atoms with Gasteiger partial charge in [-0.05, 0) is 38.5 Å². The Labute approximate surface area is 182 Å². The van der Waals surface area contributed by atoms with Crippen LogP contribution in [0.5, 0.6) is 0 Å². The summed E-state index contributed by atoms with van der Waals surface area (Å²) in [5, 5.41) is 15.4. The molecule has 3 rings (SSSR count). The molecule has 0 amide bonds. The summed E-state index contributed by atoms with van der Waals surface area (Å²) in [5.41, 5.74) is -3.07. The minimum Gasteiger partial charge on any atom is -0.478 e. The fraction of sp³-hybridized carbons (Fsp3) is 0.333. The summed E-state index contributed by atoms with van der Waals surface area (Å²) >= 11 is 1.29. The number of carbonyl (C=O) groups is 2. The molecule has 1 aromatic heterocycles. The number of aliphatic imine (C=N–C) groups is 1. The van der Waals surface area contributed by atoms with Crippen LogP contribution < -0.4 is 5.32 Å². The Kier molecular flexibility index (Phi) is 6.23. The highest BCUT2D eigenvalue weighted by atomic mass is 32.1. The molecule has 0 radical (unpaired) electrons. The van der Waals surface area contributed by atoms with Crippen LogP contribution in [0.4, 0.5) is 4.39 Å². The zero-order chi connectivity index (χ0) is 22.8. The van der Waals surface area contributed by atoms with Crippen LogP contribution in [0.2, 0.25) is 0 Å². The maximum absolute atomic E-state index is 13.6. The lowest BCUT2D eigenvalue weighted by Gasteiger charge is -2.39. The molecule has 10 heteroatoms. The normalized spacial score (nSPS) is 20.5. The van der Waals surface area contributed by atoms with E-state index in [1.54, 1.807) is 25.4 Å². The number of carbonyl (C=O) groups excluding carboxylic acids is 1. The number of benzene rings is 1. The molecule has 2 aromatic rings. The van der Waals surface area contributed by atoms with Crippen molar-refractivity contribution in [3.8, 4) is 0 Å². The van der Waals surface area contributed by atoms with Gasteiger partial charge >= 0.3 is 11.9 Å². The number of halogens is 1. The lowest BCUT2D eigenvalue weighted by atomic mass is 9.79. The molecule has 1 aromatic carbocycles. The van der Waals surface area contributed by atoms with E-state index in [1.807, 2.05) is 0 Å². The number of amidine groups is 1. The number of ether oxygens (including phenoxy) is 2. The van der Waals surface area contributed by atoms with Crippen molar-refractivity contribution >= 4 is 29.1 Å². The molecule has 8 nitrogen and oxygen atoms in total. The number of thiazole rings is 1. The van der Waals surface area contributed by atoms with E-state index >= 15 is 0 Å². The Hall–Kier alpha value is -3.11. The van der Waals surface area contributed by atoms with Crippen LogP contribution in [0.15, 0.2) is 52.1 Å². The van der Waals surface area contributed by atoms with Gasteiger partial charge in [-0.25, -0.2) is 24.0 Å². The zero-order valence-electron chi connectivity index (χ0n) is 17.4. The SMILES string of the molecule is CCOC(C)(C(=O)OC)C1=C(C(=O)O)C(C)(c2ccc(F)cc2)N=C(c2nccs2)N1. The molecule has 0 bridgehead atoms. The van der Waals surface area contributed by atoms with Gasteiger partial charge in [-0.2, -0.15) is 0 Å². The van der Waals surface area contributed by atoms with Crippen LogP contribution in [0.3, 0.4) is 0 Å². The van der Waals surface area contributed by atoms with Crippen LogP contribution in [-0.2, 0) is 24.6 Å². The minimum absolute atomic E-state index is 0.0271. The van der Waals surface area contributed by atoms with Crippen molar-refractivity contribution in [1.29, 1.82) is 0 Å². The van der Waals surface area contributed by atoms with Crippen molar-refractivity contribution in [2.75, 3.05) is 13.7 Å². The number of hydrogen-bond acceptors (Lipinski definition) is 8. The molecular weight excluding hydrogens is 425 g/mol. The molecule has 2 atom stereocenters. The van der Waals surface area contributed by atoms with Crippen LogP contribution in [0.25, 0.3) is 0 Å². The van der Waals surface area contributed by atoms with E-state index in [-0.39, 0.29) is 23.7 Å². The average Bonchev–Trinajstić information content (AvgIpc) is 3.27. The van der Waals surface area contributed by atoms with Gasteiger partial charge in [-0.1, -0.05) is 12.1 Å². The molecule has 0 saturated carbocycles. The maximum atomic E-state index is 13.6. The first-order valence-electron chi connectivity index (χ1n) is 9.41. The van der Waals surface area contributed by atoms with Crippen molar-refractivity contribution in [1.82, 2.24) is 10.3 Å². The number of esters is 1. The van der Waals surface area contributed by atoms with Gasteiger partial charge < -0.3 is 19.9 Å². The first-order valence-corrected chi connectivity index (χ1v) is 10.3. The second kappa shape index (κ2) is 8.56. The Morgan fingerprint density at radius 1 is 1.32 bits per heavy atom. The predicted molar refractivity (Wildman–Crippen MR) is 112 cm³/mol. The molecule has 1 aliphatic rings. The summed E-state index contributed by atoms with van der Waals surface area (Å²) in [5.74, 6) is -2.31. The Morgan fingerprint density at radius 3 is 2.52 bits per heavy atom. The highest BCUT2D eigenvalue weighted by Gasteiger charge is 2.50. The Morgan fingerprint density at radius 2 is 2.00 bits per heavy atom. The van der Waals surface area contributed by atoms with Gasteiger partial charge in [0.25, 0.3) is 0 Å². The van der Waals surface area contributed by atoms with Gasteiger partial charge in [0, 0.05) is 18.2 Å². The first kappa shape index (κ1) is 22.6. The standard InChI is InChI=1S/C21H22FN3O5S/c1-5-30-21(3,19(28)29-4)15-14(18(26)27)20(2,12-6-8-13(22)9-7-12)25-16(24-15)17-23-10-11-31-17/h6-11H,5H2,1-4H3,(H,24,25)(H,26,27). The topological polar surface area (TPSA) is 110 Å². The van der Waals surface area contributed by atoms with E-state index in [4.69, 9.17) is 9.47 Å². The van der Waals surface area contributed by atoms with Crippen LogP contribution >= 0.6 is 11.3 Å². The molecule has 164 valence electrons. The molecule has 2 N–H and O–H groups in total. The van der Waals surface area contributed by atoms with Crippen molar-refractivity contribution in [2.45, 2.75) is 31.9 Å². The molecule has 31 heavy (non-hydrogen) atoms. The first-order chi connectivity index (χ1) is 14.7. The monoisotopic (exact) mass is 447 g/mol. The largest absolute Gasteiger partial charge is 0.478 e. The smallest absolute Gasteiger partial charge is 0.344 e. The third-order valence-corrected chi connectivity index (χ3v) is 5.84. The van der Waals surface area contributed by atoms with E-state index in [1.165, 1.54) is 49.6 Å². The quantitative estimate of drug-likeness (QED) is 0.628. The van der Waals surface area contributed by atoms with Crippen molar-refractivity contribution in [2.24, 2.45) is 4.99 Å².